The van der Waals surface area contributed by atoms with Crippen molar-refractivity contribution in [3.8, 4) is 0 Å². The number of ether oxygens (including phenoxy) is 1. The highest BCUT2D eigenvalue weighted by atomic mass is 31.2. The lowest BCUT2D eigenvalue weighted by atomic mass is 10.1. The van der Waals surface area contributed by atoms with Gasteiger partial charge >= 0.3 is 7.75 Å². The molecule has 0 bridgehead atoms. The molecule has 4 atom stereocenters. The predicted molar refractivity (Wildman–Crippen MR) is 72.2 cm³/mol. The Kier molecular flexibility index (Phi) is 3.84. The van der Waals surface area contributed by atoms with Crippen LogP contribution >= 0.6 is 7.75 Å². The fraction of sp³-hybridized carbons (Fsp3) is 0.500. The van der Waals surface area contributed by atoms with E-state index in [1.54, 1.807) is 0 Å². The first-order chi connectivity index (χ1) is 10.8. The lowest BCUT2D eigenvalue weighted by molar-refractivity contribution is -0.0511. The molecule has 1 aliphatic heterocycles. The molecule has 0 amide bonds. The van der Waals surface area contributed by atoms with Crippen LogP contribution in [0.25, 0.3) is 11.2 Å². The summed E-state index contributed by atoms with van der Waals surface area (Å²) < 4.78 is 17.8. The Labute approximate surface area is 127 Å². The van der Waals surface area contributed by atoms with E-state index in [-0.39, 0.29) is 15.5 Å². The zero-order valence-corrected chi connectivity index (χ0v) is 12.3. The summed E-state index contributed by atoms with van der Waals surface area (Å²) in [4.78, 5) is 37.7. The minimum Gasteiger partial charge on any atom is -0.394 e. The van der Waals surface area contributed by atoms with Crippen molar-refractivity contribution in [2.45, 2.75) is 24.5 Å². The van der Waals surface area contributed by atoms with Crippen molar-refractivity contribution in [2.24, 2.45) is 0 Å². The Morgan fingerprint density at radius 3 is 2.48 bits per heavy atom. The summed E-state index contributed by atoms with van der Waals surface area (Å²) in [5, 5.41) is 28.8. The second-order valence-corrected chi connectivity index (χ2v) is 6.42. The highest BCUT2D eigenvalue weighted by Crippen LogP contribution is 2.35. The molecule has 13 heteroatoms. The highest BCUT2D eigenvalue weighted by Gasteiger charge is 2.44. The Hall–Kier alpha value is -1.66. The monoisotopic (exact) mass is 348 g/mol. The van der Waals surface area contributed by atoms with E-state index in [4.69, 9.17) is 19.6 Å². The first-order valence-electron chi connectivity index (χ1n) is 6.38. The zero-order valence-electron chi connectivity index (χ0n) is 11.4. The molecule has 1 aliphatic rings. The van der Waals surface area contributed by atoms with Gasteiger partial charge in [0.15, 0.2) is 17.4 Å². The standard InChI is InChI=1S/C10H13N4O8P/c15-1-4-6(16)7(17)10(22-4)13-2-11-5-8(13)12-3-14(9(5)18)23(19,20)21/h2-4,6-7,10,15-17H,1H2,(H2,19,20,21)/t4-,6-,7-,10-/m1/s1. The quantitative estimate of drug-likeness (QED) is 0.362. The maximum atomic E-state index is 12.0. The van der Waals surface area contributed by atoms with Gasteiger partial charge in [0.1, 0.15) is 24.6 Å². The first kappa shape index (κ1) is 16.2. The van der Waals surface area contributed by atoms with Gasteiger partial charge in [-0.15, -0.1) is 0 Å². The first-order valence-corrected chi connectivity index (χ1v) is 7.95. The van der Waals surface area contributed by atoms with Crippen molar-refractivity contribution < 1.29 is 34.4 Å². The Morgan fingerprint density at radius 1 is 1.22 bits per heavy atom. The third kappa shape index (κ3) is 2.50. The van der Waals surface area contributed by atoms with E-state index in [2.05, 4.69) is 9.97 Å². The van der Waals surface area contributed by atoms with Crippen LogP contribution < -0.4 is 5.56 Å². The van der Waals surface area contributed by atoms with Gasteiger partial charge in [0, 0.05) is 0 Å². The van der Waals surface area contributed by atoms with Gasteiger partial charge < -0.3 is 29.8 Å². The molecule has 3 heterocycles. The van der Waals surface area contributed by atoms with Crippen LogP contribution in [0.1, 0.15) is 6.23 Å². The number of hydrogen-bond acceptors (Lipinski definition) is 8. The Morgan fingerprint density at radius 2 is 1.91 bits per heavy atom. The van der Waals surface area contributed by atoms with Crippen molar-refractivity contribution >= 4 is 18.9 Å². The van der Waals surface area contributed by atoms with Crippen LogP contribution in [-0.4, -0.2) is 68.9 Å². The van der Waals surface area contributed by atoms with Crippen LogP contribution in [0, 0.1) is 0 Å². The molecule has 2 aromatic heterocycles. The molecule has 0 spiro atoms. The van der Waals surface area contributed by atoms with Crippen molar-refractivity contribution in [3.05, 3.63) is 23.0 Å². The lowest BCUT2D eigenvalue weighted by Gasteiger charge is -2.16. The smallest absolute Gasteiger partial charge is 0.394 e. The molecule has 1 saturated heterocycles. The normalized spacial score (nSPS) is 28.6. The maximum absolute atomic E-state index is 12.0. The number of nitrogens with zero attached hydrogens (tertiary/aromatic N) is 4. The van der Waals surface area contributed by atoms with Gasteiger partial charge in [-0.3, -0.25) is 9.36 Å². The summed E-state index contributed by atoms with van der Waals surface area (Å²) in [7, 11) is -4.87. The molecule has 23 heavy (non-hydrogen) atoms. The second kappa shape index (κ2) is 5.46. The maximum Gasteiger partial charge on any atom is 0.437 e. The van der Waals surface area contributed by atoms with Gasteiger partial charge in [0.05, 0.1) is 12.9 Å². The highest BCUT2D eigenvalue weighted by molar-refractivity contribution is 7.50. The summed E-state index contributed by atoms with van der Waals surface area (Å²) in [6.07, 6.45) is -3.20. The molecule has 0 saturated carbocycles. The van der Waals surface area contributed by atoms with Crippen molar-refractivity contribution in [2.75, 3.05) is 6.61 Å². The average Bonchev–Trinajstić information content (AvgIpc) is 3.01. The van der Waals surface area contributed by atoms with Crippen LogP contribution in [-0.2, 0) is 9.30 Å². The summed E-state index contributed by atoms with van der Waals surface area (Å²) in [5.74, 6) is 0. The van der Waals surface area contributed by atoms with Gasteiger partial charge in [-0.1, -0.05) is 0 Å². The SMILES string of the molecule is O=c1c2ncn([C@@H]3O[C@H](CO)[C@@H](O)[C@H]3O)c2ncn1P(=O)(O)O. The van der Waals surface area contributed by atoms with Gasteiger partial charge in [0.25, 0.3) is 5.56 Å². The fourth-order valence-corrected chi connectivity index (χ4v) is 2.90. The van der Waals surface area contributed by atoms with Crippen molar-refractivity contribution in [3.63, 3.8) is 0 Å². The molecule has 5 N–H and O–H groups in total. The van der Waals surface area contributed by atoms with Crippen LogP contribution in [0.3, 0.4) is 0 Å². The molecule has 1 fully saturated rings. The third-order valence-corrected chi connectivity index (χ3v) is 4.39. The molecular weight excluding hydrogens is 335 g/mol. The van der Waals surface area contributed by atoms with Crippen LogP contribution in [0.2, 0.25) is 0 Å². The van der Waals surface area contributed by atoms with E-state index in [0.717, 1.165) is 10.9 Å². The topological polar surface area (TPSA) is 180 Å². The molecule has 0 radical (unpaired) electrons. The van der Waals surface area contributed by atoms with Gasteiger partial charge in [-0.25, -0.2) is 18.9 Å². The minimum absolute atomic E-state index is 0.0884. The fourth-order valence-electron chi connectivity index (χ4n) is 2.39. The molecule has 0 aromatic carbocycles. The second-order valence-electron chi connectivity index (χ2n) is 4.96. The number of aliphatic hydroxyl groups is 3. The van der Waals surface area contributed by atoms with E-state index in [0.29, 0.717) is 6.33 Å². The van der Waals surface area contributed by atoms with Crippen LogP contribution in [0.15, 0.2) is 17.4 Å². The molecular formula is C10H13N4O8P. The number of imidazole rings is 1. The van der Waals surface area contributed by atoms with E-state index >= 15 is 0 Å². The summed E-state index contributed by atoms with van der Waals surface area (Å²) in [5.41, 5.74) is -1.49. The van der Waals surface area contributed by atoms with Crippen LogP contribution in [0.4, 0.5) is 0 Å². The zero-order chi connectivity index (χ0) is 16.9. The van der Waals surface area contributed by atoms with Crippen molar-refractivity contribution in [1.82, 2.24) is 18.9 Å². The molecule has 2 aromatic rings. The van der Waals surface area contributed by atoms with Crippen LogP contribution in [0.5, 0.6) is 0 Å². The number of aliphatic hydroxyl groups excluding tert-OH is 3. The molecule has 0 unspecified atom stereocenters. The molecule has 3 rings (SSSR count). The Balaban J connectivity index is 2.10. The molecule has 0 aliphatic carbocycles. The number of fused-ring (bicyclic) bond motifs is 1. The third-order valence-electron chi connectivity index (χ3n) is 3.54. The number of rotatable bonds is 3. The summed E-state index contributed by atoms with van der Waals surface area (Å²) >= 11 is 0. The van der Waals surface area contributed by atoms with Gasteiger partial charge in [-0.05, 0) is 0 Å². The number of aromatic nitrogens is 4. The summed E-state index contributed by atoms with van der Waals surface area (Å²) in [6.45, 7) is -0.528. The van der Waals surface area contributed by atoms with E-state index in [1.165, 1.54) is 0 Å². The predicted octanol–water partition coefficient (Wildman–Crippen LogP) is -2.85. The number of hydrogen-bond donors (Lipinski definition) is 5. The van der Waals surface area contributed by atoms with E-state index in [1.807, 2.05) is 0 Å². The molecule has 12 nitrogen and oxygen atoms in total. The Bertz CT molecular complexity index is 843. The van der Waals surface area contributed by atoms with Gasteiger partial charge in [-0.2, -0.15) is 0 Å². The lowest BCUT2D eigenvalue weighted by Crippen LogP contribution is -2.33. The summed E-state index contributed by atoms with van der Waals surface area (Å²) in [6, 6.07) is 0. The average molecular weight is 348 g/mol. The molecule has 126 valence electrons. The van der Waals surface area contributed by atoms with E-state index in [9.17, 15) is 19.6 Å². The van der Waals surface area contributed by atoms with Gasteiger partial charge in [0.2, 0.25) is 0 Å². The largest absolute Gasteiger partial charge is 0.437 e. The van der Waals surface area contributed by atoms with Crippen molar-refractivity contribution in [1.29, 1.82) is 0 Å². The van der Waals surface area contributed by atoms with E-state index < -0.39 is 44.5 Å². The minimum atomic E-state index is -4.87.